The average Bonchev–Trinajstić information content (AvgIpc) is 3.18. The fourth-order valence-corrected chi connectivity index (χ4v) is 2.70. The van der Waals surface area contributed by atoms with Gasteiger partial charge in [-0.05, 0) is 19.4 Å². The Bertz CT molecular complexity index is 710. The first-order valence-corrected chi connectivity index (χ1v) is 9.87. The molecule has 2 unspecified atom stereocenters. The minimum atomic E-state index is -0.661. The van der Waals surface area contributed by atoms with Crippen LogP contribution in [0.4, 0.5) is 0 Å². The van der Waals surface area contributed by atoms with Gasteiger partial charge in [-0.1, -0.05) is 37.3 Å². The first-order valence-electron chi connectivity index (χ1n) is 9.87. The van der Waals surface area contributed by atoms with Crippen LogP contribution < -0.4 is 10.6 Å². The van der Waals surface area contributed by atoms with Gasteiger partial charge in [0.05, 0.1) is 25.4 Å². The van der Waals surface area contributed by atoms with E-state index in [1.807, 2.05) is 48.7 Å². The maximum absolute atomic E-state index is 10.2. The van der Waals surface area contributed by atoms with E-state index in [9.17, 15) is 5.11 Å². The molecule has 1 aromatic carbocycles. The maximum Gasteiger partial charge on any atom is 0.191 e. The molecule has 162 valence electrons. The third-order valence-corrected chi connectivity index (χ3v) is 4.27. The summed E-state index contributed by atoms with van der Waals surface area (Å²) in [5.74, 6) is 1.63. The third kappa shape index (κ3) is 9.09. The predicted octanol–water partition coefficient (Wildman–Crippen LogP) is 2.15. The van der Waals surface area contributed by atoms with Crippen molar-refractivity contribution >= 4 is 29.9 Å². The Balaban J connectivity index is 0.00000420. The normalized spacial score (nSPS) is 13.4. The molecular weight excluding hydrogens is 483 g/mol. The molecule has 9 heteroatoms. The lowest BCUT2D eigenvalue weighted by molar-refractivity contribution is 0.00111. The van der Waals surface area contributed by atoms with Crippen LogP contribution in [-0.2, 0) is 17.7 Å². The Hall–Kier alpha value is -1.72. The van der Waals surface area contributed by atoms with Crippen LogP contribution in [0.25, 0.3) is 0 Å². The largest absolute Gasteiger partial charge is 0.389 e. The summed E-state index contributed by atoms with van der Waals surface area (Å²) in [6.07, 6.45) is 1.86. The zero-order valence-electron chi connectivity index (χ0n) is 17.4. The molecular formula is C20H33IN6O2. The number of aliphatic hydroxyl groups is 1. The van der Waals surface area contributed by atoms with E-state index in [0.29, 0.717) is 12.5 Å². The predicted molar refractivity (Wildman–Crippen MR) is 126 cm³/mol. The number of guanidine groups is 1. The lowest BCUT2D eigenvalue weighted by atomic mass is 10.1. The number of nitrogens with zero attached hydrogens (tertiary/aromatic N) is 4. The average molecular weight is 516 g/mol. The van der Waals surface area contributed by atoms with E-state index >= 15 is 0 Å². The van der Waals surface area contributed by atoms with Crippen molar-refractivity contribution in [2.24, 2.45) is 4.99 Å². The van der Waals surface area contributed by atoms with Crippen LogP contribution in [0.15, 0.2) is 41.7 Å². The fraction of sp³-hybridized carbons (Fsp3) is 0.550. The molecule has 3 N–H and O–H groups in total. The number of rotatable bonds is 11. The van der Waals surface area contributed by atoms with Gasteiger partial charge in [0.1, 0.15) is 12.2 Å². The minimum Gasteiger partial charge on any atom is -0.389 e. The van der Waals surface area contributed by atoms with Gasteiger partial charge >= 0.3 is 0 Å². The molecule has 8 nitrogen and oxygen atoms in total. The van der Waals surface area contributed by atoms with Crippen LogP contribution in [0.2, 0.25) is 0 Å². The summed E-state index contributed by atoms with van der Waals surface area (Å²) >= 11 is 0. The van der Waals surface area contributed by atoms with Gasteiger partial charge in [0.15, 0.2) is 5.96 Å². The Morgan fingerprint density at radius 2 is 2.00 bits per heavy atom. The molecule has 0 saturated carbocycles. The summed E-state index contributed by atoms with van der Waals surface area (Å²) in [6.45, 7) is 8.73. The third-order valence-electron chi connectivity index (χ3n) is 4.27. The summed E-state index contributed by atoms with van der Waals surface area (Å²) in [4.78, 5) is 4.45. The summed E-state index contributed by atoms with van der Waals surface area (Å²) < 4.78 is 7.78. The highest BCUT2D eigenvalue weighted by atomic mass is 127. The summed E-state index contributed by atoms with van der Waals surface area (Å²) in [5, 5.41) is 24.7. The van der Waals surface area contributed by atoms with Gasteiger partial charge in [-0.25, -0.2) is 0 Å². The Morgan fingerprint density at radius 1 is 1.24 bits per heavy atom. The van der Waals surface area contributed by atoms with Gasteiger partial charge in [0, 0.05) is 26.1 Å². The maximum atomic E-state index is 10.2. The van der Waals surface area contributed by atoms with E-state index in [2.05, 4.69) is 32.7 Å². The van der Waals surface area contributed by atoms with E-state index in [1.54, 1.807) is 6.33 Å². The zero-order chi connectivity index (χ0) is 20.2. The van der Waals surface area contributed by atoms with Crippen molar-refractivity contribution in [2.45, 2.75) is 45.9 Å². The fourth-order valence-electron chi connectivity index (χ4n) is 2.70. The number of aliphatic imine (C=N–C) groups is 1. The highest BCUT2D eigenvalue weighted by Crippen LogP contribution is 2.15. The van der Waals surface area contributed by atoms with Crippen molar-refractivity contribution in [2.75, 3.05) is 26.2 Å². The number of nitrogens with one attached hydrogen (secondary N) is 2. The lowest BCUT2D eigenvalue weighted by Crippen LogP contribution is -2.39. The van der Waals surface area contributed by atoms with Gasteiger partial charge in [-0.2, -0.15) is 0 Å². The van der Waals surface area contributed by atoms with Crippen LogP contribution in [0, 0.1) is 0 Å². The molecule has 1 heterocycles. The Kier molecular flexibility index (Phi) is 12.5. The van der Waals surface area contributed by atoms with Crippen LogP contribution >= 0.6 is 24.0 Å². The van der Waals surface area contributed by atoms with Crippen molar-refractivity contribution in [3.05, 3.63) is 48.0 Å². The quantitative estimate of drug-likeness (QED) is 0.241. The van der Waals surface area contributed by atoms with E-state index in [4.69, 9.17) is 4.74 Å². The molecule has 1 aromatic heterocycles. The second-order valence-electron chi connectivity index (χ2n) is 6.48. The van der Waals surface area contributed by atoms with Gasteiger partial charge in [-0.3, -0.25) is 4.99 Å². The molecule has 0 fully saturated rings. The van der Waals surface area contributed by atoms with Gasteiger partial charge < -0.3 is 25.0 Å². The molecule has 0 bridgehead atoms. The standard InChI is InChI=1S/C20H32N6O2.HI/c1-4-19-25-24-15-26(19)12-11-22-20(21-5-2)23-13-18(27)14-28-16(3)17-9-7-6-8-10-17;/h6-10,15-16,18,27H,4-5,11-14H2,1-3H3,(H2,21,22,23);1H. The summed E-state index contributed by atoms with van der Waals surface area (Å²) in [5.41, 5.74) is 1.09. The zero-order valence-corrected chi connectivity index (χ0v) is 19.7. The number of aliphatic hydroxyl groups excluding tert-OH is 1. The highest BCUT2D eigenvalue weighted by Gasteiger charge is 2.10. The van der Waals surface area contributed by atoms with Crippen LogP contribution in [-0.4, -0.2) is 58.2 Å². The van der Waals surface area contributed by atoms with E-state index in [0.717, 1.165) is 30.9 Å². The molecule has 0 saturated heterocycles. The number of benzene rings is 1. The Labute approximate surface area is 190 Å². The number of aromatic nitrogens is 3. The second-order valence-corrected chi connectivity index (χ2v) is 6.48. The topological polar surface area (TPSA) is 96.6 Å². The van der Waals surface area contributed by atoms with Crippen molar-refractivity contribution in [1.82, 2.24) is 25.4 Å². The molecule has 0 amide bonds. The van der Waals surface area contributed by atoms with E-state index < -0.39 is 6.10 Å². The van der Waals surface area contributed by atoms with Gasteiger partial charge in [-0.15, -0.1) is 34.2 Å². The molecule has 0 aliphatic carbocycles. The number of hydrogen-bond acceptors (Lipinski definition) is 5. The number of halogens is 1. The minimum absolute atomic E-state index is 0. The second kappa shape index (κ2) is 14.3. The number of ether oxygens (including phenoxy) is 1. The van der Waals surface area contributed by atoms with Crippen molar-refractivity contribution in [3.63, 3.8) is 0 Å². The highest BCUT2D eigenvalue weighted by molar-refractivity contribution is 14.0. The SMILES string of the molecule is CCNC(=NCC(O)COC(C)c1ccccc1)NCCn1cnnc1CC.I. The van der Waals surface area contributed by atoms with Crippen molar-refractivity contribution in [1.29, 1.82) is 0 Å². The molecule has 2 aromatic rings. The van der Waals surface area contributed by atoms with E-state index in [1.165, 1.54) is 0 Å². The van der Waals surface area contributed by atoms with Crippen LogP contribution in [0.5, 0.6) is 0 Å². The summed E-state index contributed by atoms with van der Waals surface area (Å²) in [7, 11) is 0. The molecule has 29 heavy (non-hydrogen) atoms. The smallest absolute Gasteiger partial charge is 0.191 e. The molecule has 0 spiro atoms. The lowest BCUT2D eigenvalue weighted by Gasteiger charge is -2.17. The van der Waals surface area contributed by atoms with E-state index in [-0.39, 0.29) is 43.2 Å². The molecule has 2 atom stereocenters. The van der Waals surface area contributed by atoms with Gasteiger partial charge in [0.2, 0.25) is 0 Å². The summed E-state index contributed by atoms with van der Waals surface area (Å²) in [6, 6.07) is 9.97. The Morgan fingerprint density at radius 3 is 2.69 bits per heavy atom. The number of hydrogen-bond donors (Lipinski definition) is 3. The molecule has 2 rings (SSSR count). The first-order chi connectivity index (χ1) is 13.6. The number of aryl methyl sites for hydroxylation is 1. The molecule has 0 aliphatic heterocycles. The van der Waals surface area contributed by atoms with Crippen molar-refractivity contribution in [3.8, 4) is 0 Å². The van der Waals surface area contributed by atoms with Gasteiger partial charge in [0.25, 0.3) is 0 Å². The van der Waals surface area contributed by atoms with Crippen LogP contribution in [0.1, 0.15) is 38.3 Å². The van der Waals surface area contributed by atoms with Crippen LogP contribution in [0.3, 0.4) is 0 Å². The monoisotopic (exact) mass is 516 g/mol. The molecule has 0 radical (unpaired) electrons. The first kappa shape index (κ1) is 25.3. The molecule has 0 aliphatic rings. The van der Waals surface area contributed by atoms with Crippen molar-refractivity contribution < 1.29 is 9.84 Å².